The van der Waals surface area contributed by atoms with Crippen LogP contribution in [0.5, 0.6) is 17.2 Å². The number of benzene rings is 2. The summed E-state index contributed by atoms with van der Waals surface area (Å²) in [6, 6.07) is 6.82. The minimum absolute atomic E-state index is 0.0369. The van der Waals surface area contributed by atoms with E-state index >= 15 is 0 Å². The van der Waals surface area contributed by atoms with Crippen LogP contribution in [-0.2, 0) is 80.9 Å². The molecule has 2 saturated heterocycles. The molecule has 0 spiro atoms. The zero-order valence-electron chi connectivity index (χ0n) is 39.9. The second-order valence-corrected chi connectivity index (χ2v) is 16.2. The molecule has 2 aromatic carbocycles. The zero-order chi connectivity index (χ0) is 52.0. The summed E-state index contributed by atoms with van der Waals surface area (Å²) in [6.07, 6.45) is -15.7. The number of carbonyl (C=O) groups is 8. The van der Waals surface area contributed by atoms with Gasteiger partial charge in [0, 0.05) is 65.3 Å². The van der Waals surface area contributed by atoms with E-state index in [4.69, 9.17) is 70.4 Å². The van der Waals surface area contributed by atoms with Gasteiger partial charge in [0.2, 0.25) is 18.1 Å². The second kappa shape index (κ2) is 22.5. The van der Waals surface area contributed by atoms with Crippen LogP contribution in [0.4, 0.5) is 0 Å². The van der Waals surface area contributed by atoms with Crippen molar-refractivity contribution in [2.75, 3.05) is 20.3 Å². The number of esters is 8. The number of rotatable bonds is 16. The first-order chi connectivity index (χ1) is 33.5. The Balaban J connectivity index is 1.38. The summed E-state index contributed by atoms with van der Waals surface area (Å²) >= 11 is 0. The molecule has 4 aromatic rings. The monoisotopic (exact) mass is 998 g/mol. The van der Waals surface area contributed by atoms with Gasteiger partial charge in [-0.05, 0) is 49.2 Å². The van der Waals surface area contributed by atoms with Crippen LogP contribution in [0.3, 0.4) is 0 Å². The molecule has 2 aromatic heterocycles. The number of carbonyl (C=O) groups excluding carboxylic acids is 8. The molecule has 2 aliphatic heterocycles. The lowest BCUT2D eigenvalue weighted by Gasteiger charge is -2.48. The fraction of sp³-hybridized carbons (Fsp3) is 0.468. The molecule has 0 saturated carbocycles. The lowest BCUT2D eigenvalue weighted by Crippen LogP contribution is -2.67. The first-order valence-corrected chi connectivity index (χ1v) is 21.7. The van der Waals surface area contributed by atoms with Crippen molar-refractivity contribution in [3.05, 3.63) is 63.7 Å². The van der Waals surface area contributed by atoms with Crippen molar-refractivity contribution < 1.29 is 109 Å². The van der Waals surface area contributed by atoms with E-state index in [2.05, 4.69) is 0 Å². The highest BCUT2D eigenvalue weighted by atomic mass is 16.8. The largest absolute Gasteiger partial charge is 0.493 e. The molecule has 0 amide bonds. The van der Waals surface area contributed by atoms with Crippen molar-refractivity contribution in [3.63, 3.8) is 0 Å². The number of hydrogen-bond donors (Lipinski definition) is 0. The number of furan rings is 1. The van der Waals surface area contributed by atoms with Gasteiger partial charge in [-0.15, -0.1) is 0 Å². The third kappa shape index (κ3) is 12.6. The van der Waals surface area contributed by atoms with Gasteiger partial charge < -0.3 is 70.4 Å². The number of hydrogen-bond acceptors (Lipinski definition) is 24. The molecule has 382 valence electrons. The van der Waals surface area contributed by atoms with Gasteiger partial charge in [-0.1, -0.05) is 0 Å². The first kappa shape index (κ1) is 52.8. The van der Waals surface area contributed by atoms with Gasteiger partial charge in [-0.25, -0.2) is 9.59 Å². The fourth-order valence-corrected chi connectivity index (χ4v) is 7.85. The molecule has 0 bridgehead atoms. The SMILES string of the molecule is COc1cc(C(=O)Oc2c3occ(C)c3cc3c(C)cc(=O)oc23)ccc1O[C@@H]1O[C@H](COC(C)=O)[C@@H](O[C@@H]2O[C@H](COC(C)=O)[C@H](OC(C)=O)[C@H](OC(C)=O)[C@H]2OC(C)=O)[C@H](OC(C)=O)[C@H]1OC(C)=O. The molecule has 4 heterocycles. The van der Waals surface area contributed by atoms with Crippen LogP contribution in [0.1, 0.15) is 70.0 Å². The smallest absolute Gasteiger partial charge is 0.343 e. The van der Waals surface area contributed by atoms with Gasteiger partial charge >= 0.3 is 53.4 Å². The van der Waals surface area contributed by atoms with Crippen LogP contribution in [-0.4, -0.2) is 129 Å². The minimum Gasteiger partial charge on any atom is -0.493 e. The number of fused-ring (bicyclic) bond motifs is 2. The Morgan fingerprint density at radius 2 is 1.06 bits per heavy atom. The van der Waals surface area contributed by atoms with E-state index in [1.54, 1.807) is 19.9 Å². The van der Waals surface area contributed by atoms with Crippen LogP contribution in [0.15, 0.2) is 50.2 Å². The first-order valence-electron chi connectivity index (χ1n) is 21.7. The van der Waals surface area contributed by atoms with Crippen LogP contribution in [0.25, 0.3) is 21.9 Å². The van der Waals surface area contributed by atoms with Crippen molar-refractivity contribution in [3.8, 4) is 17.2 Å². The molecule has 24 heteroatoms. The maximum Gasteiger partial charge on any atom is 0.343 e. The number of aryl methyl sites for hydroxylation is 2. The molecule has 10 atom stereocenters. The standard InChI is InChI=1S/C47H50O24/c1-19-13-35(55)69-37-29(19)15-30-20(2)16-60-36(30)40(37)70-45(56)28-11-12-31(32(14-28)57-10)66-46-43(64-26(8)53)42(63-25(7)52)39(34(67-46)18-59-22(4)49)71-47-44(65-27(9)54)41(62-24(6)51)38(61-23(5)50)33(68-47)17-58-21(3)48/h11-16,33-34,38-39,41-44,46-47H,17-18H2,1-10H3/t33-,34-,38+,39-,41+,42+,43-,44-,46-,47+/m1/s1. The van der Waals surface area contributed by atoms with Crippen molar-refractivity contribution >= 4 is 69.7 Å². The van der Waals surface area contributed by atoms with Crippen molar-refractivity contribution in [1.29, 1.82) is 0 Å². The average molecular weight is 999 g/mol. The summed E-state index contributed by atoms with van der Waals surface area (Å²) in [5, 5.41) is 1.09. The molecule has 0 unspecified atom stereocenters. The van der Waals surface area contributed by atoms with Crippen LogP contribution in [0.2, 0.25) is 0 Å². The van der Waals surface area contributed by atoms with Gasteiger partial charge in [-0.2, -0.15) is 0 Å². The second-order valence-electron chi connectivity index (χ2n) is 16.2. The van der Waals surface area contributed by atoms with E-state index in [1.165, 1.54) is 37.6 Å². The summed E-state index contributed by atoms with van der Waals surface area (Å²) in [6.45, 7) is 9.36. The van der Waals surface area contributed by atoms with E-state index in [0.29, 0.717) is 16.3 Å². The summed E-state index contributed by atoms with van der Waals surface area (Å²) in [5.41, 5.74) is 0.569. The van der Waals surface area contributed by atoms with Gasteiger partial charge in [0.25, 0.3) is 0 Å². The van der Waals surface area contributed by atoms with Crippen LogP contribution in [0, 0.1) is 13.8 Å². The summed E-state index contributed by atoms with van der Waals surface area (Å²) in [5.74, 6) is -7.77. The Morgan fingerprint density at radius 1 is 0.549 bits per heavy atom. The maximum absolute atomic E-state index is 13.9. The van der Waals surface area contributed by atoms with Gasteiger partial charge in [-0.3, -0.25) is 33.6 Å². The summed E-state index contributed by atoms with van der Waals surface area (Å²) < 4.78 is 86.1. The van der Waals surface area contributed by atoms with Crippen molar-refractivity contribution in [2.45, 2.75) is 124 Å². The predicted octanol–water partition coefficient (Wildman–Crippen LogP) is 3.38. The van der Waals surface area contributed by atoms with E-state index in [0.717, 1.165) is 54.0 Å². The van der Waals surface area contributed by atoms with Crippen LogP contribution < -0.4 is 19.8 Å². The molecule has 2 fully saturated rings. The Morgan fingerprint density at radius 3 is 1.62 bits per heavy atom. The Kier molecular flexibility index (Phi) is 16.7. The van der Waals surface area contributed by atoms with E-state index in [-0.39, 0.29) is 34.0 Å². The molecule has 71 heavy (non-hydrogen) atoms. The number of methoxy groups -OCH3 is 1. The quantitative estimate of drug-likeness (QED) is 0.0672. The fourth-order valence-electron chi connectivity index (χ4n) is 7.85. The average Bonchev–Trinajstić information content (AvgIpc) is 3.65. The Bertz CT molecular complexity index is 2770. The normalized spacial score (nSPS) is 23.9. The molecule has 0 aliphatic carbocycles. The third-order valence-corrected chi connectivity index (χ3v) is 10.7. The Hall–Kier alpha value is -7.57. The highest BCUT2D eigenvalue weighted by molar-refractivity contribution is 6.05. The molecular weight excluding hydrogens is 948 g/mol. The minimum atomic E-state index is -1.91. The van der Waals surface area contributed by atoms with Crippen molar-refractivity contribution in [1.82, 2.24) is 0 Å². The molecule has 2 aliphatic rings. The van der Waals surface area contributed by atoms with E-state index < -0.39 is 128 Å². The lowest BCUT2D eigenvalue weighted by atomic mass is 9.96. The highest BCUT2D eigenvalue weighted by Gasteiger charge is 2.58. The molecule has 6 rings (SSSR count). The topological polar surface area (TPSA) is 300 Å². The Labute approximate surface area is 402 Å². The molecule has 0 radical (unpaired) electrons. The summed E-state index contributed by atoms with van der Waals surface area (Å²) in [4.78, 5) is 114. The summed E-state index contributed by atoms with van der Waals surface area (Å²) in [7, 11) is 1.24. The van der Waals surface area contributed by atoms with E-state index in [1.807, 2.05) is 0 Å². The number of ether oxygens (including phenoxy) is 13. The lowest BCUT2D eigenvalue weighted by molar-refractivity contribution is -0.354. The van der Waals surface area contributed by atoms with E-state index in [9.17, 15) is 43.2 Å². The van der Waals surface area contributed by atoms with Gasteiger partial charge in [0.15, 0.2) is 53.4 Å². The van der Waals surface area contributed by atoms with Gasteiger partial charge in [0.1, 0.15) is 31.5 Å². The molecular formula is C47H50O24. The molecule has 0 N–H and O–H groups in total. The maximum atomic E-state index is 13.9. The zero-order valence-corrected chi connectivity index (χ0v) is 39.9. The molecule has 24 nitrogen and oxygen atoms in total. The van der Waals surface area contributed by atoms with Crippen LogP contribution >= 0.6 is 0 Å². The highest BCUT2D eigenvalue weighted by Crippen LogP contribution is 2.40. The predicted molar refractivity (Wildman–Crippen MR) is 234 cm³/mol. The van der Waals surface area contributed by atoms with Crippen molar-refractivity contribution in [2.24, 2.45) is 0 Å². The third-order valence-electron chi connectivity index (χ3n) is 10.7. The van der Waals surface area contributed by atoms with Gasteiger partial charge in [0.05, 0.1) is 18.9 Å².